The van der Waals surface area contributed by atoms with Gasteiger partial charge in [-0.3, -0.25) is 14.7 Å². The number of fused-ring (bicyclic) bond motifs is 1. The number of carbonyl (C=O) groups excluding carboxylic acids is 1. The molecule has 8 heteroatoms. The lowest BCUT2D eigenvalue weighted by Gasteiger charge is -2.32. The zero-order chi connectivity index (χ0) is 15.7. The van der Waals surface area contributed by atoms with Crippen molar-refractivity contribution in [2.75, 3.05) is 20.1 Å². The number of nitrogens with one attached hydrogen (secondary N) is 2. The summed E-state index contributed by atoms with van der Waals surface area (Å²) < 4.78 is 1.38. The summed E-state index contributed by atoms with van der Waals surface area (Å²) in [4.78, 5) is 31.2. The first-order chi connectivity index (χ1) is 10.6. The van der Waals surface area contributed by atoms with Gasteiger partial charge < -0.3 is 10.2 Å². The maximum atomic E-state index is 12.5. The van der Waals surface area contributed by atoms with Crippen molar-refractivity contribution in [3.8, 4) is 0 Å². The summed E-state index contributed by atoms with van der Waals surface area (Å²) in [5, 5.41) is 6.05. The number of piperidine rings is 1. The number of halogens is 1. The molecule has 1 atom stereocenters. The highest BCUT2D eigenvalue weighted by atomic mass is 35.5. The maximum Gasteiger partial charge on any atom is 0.276 e. The van der Waals surface area contributed by atoms with Gasteiger partial charge in [0.15, 0.2) is 5.65 Å². The fourth-order valence-corrected chi connectivity index (χ4v) is 3.01. The zero-order valence-electron chi connectivity index (χ0n) is 13.3. The minimum Gasteiger partial charge on any atom is -0.341 e. The number of hydrogen-bond acceptors (Lipinski definition) is 4. The van der Waals surface area contributed by atoms with Crippen molar-refractivity contribution in [2.24, 2.45) is 0 Å². The number of likely N-dealkylation sites (tertiary alicyclic amines) is 1. The molecule has 2 aromatic heterocycles. The van der Waals surface area contributed by atoms with Gasteiger partial charge in [-0.25, -0.2) is 9.50 Å². The van der Waals surface area contributed by atoms with Crippen molar-refractivity contribution in [2.45, 2.75) is 32.2 Å². The van der Waals surface area contributed by atoms with Gasteiger partial charge in [-0.15, -0.1) is 12.4 Å². The first-order valence-corrected chi connectivity index (χ1v) is 7.61. The van der Waals surface area contributed by atoms with Crippen molar-refractivity contribution >= 4 is 24.0 Å². The summed E-state index contributed by atoms with van der Waals surface area (Å²) >= 11 is 0. The minimum atomic E-state index is -0.192. The number of carbonyl (C=O) groups is 1. The second-order valence-corrected chi connectivity index (χ2v) is 5.78. The molecule has 1 saturated heterocycles. The Bertz CT molecular complexity index is 754. The van der Waals surface area contributed by atoms with Crippen molar-refractivity contribution in [1.82, 2.24) is 24.8 Å². The van der Waals surface area contributed by atoms with Crippen LogP contribution in [0.15, 0.2) is 17.1 Å². The smallest absolute Gasteiger partial charge is 0.276 e. The van der Waals surface area contributed by atoms with E-state index in [1.54, 1.807) is 19.2 Å². The van der Waals surface area contributed by atoms with E-state index in [9.17, 15) is 9.59 Å². The third-order valence-electron chi connectivity index (χ3n) is 4.36. The molecule has 1 aliphatic heterocycles. The first kappa shape index (κ1) is 17.5. The fraction of sp³-hybridized carbons (Fsp3) is 0.533. The number of nitrogens with zero attached hydrogens (tertiary/aromatic N) is 3. The van der Waals surface area contributed by atoms with Crippen molar-refractivity contribution in [3.05, 3.63) is 33.9 Å². The molecule has 23 heavy (non-hydrogen) atoms. The molecular formula is C15H22ClN5O2. The standard InChI is InChI=1S/C15H21N5O2.ClH/c1-10-12(15(22)20-13(18-10)5-6-17-20)8-14(21)19-7-3-4-11(9-19)16-2;/h5-6,11,16-17H,3-4,7-9H2,1-2H3;1H. The van der Waals surface area contributed by atoms with E-state index in [0.717, 1.165) is 19.4 Å². The molecule has 126 valence electrons. The molecule has 0 aliphatic carbocycles. The molecule has 0 spiro atoms. The van der Waals surface area contributed by atoms with Crippen LogP contribution >= 0.6 is 12.4 Å². The number of aryl methyl sites for hydroxylation is 1. The summed E-state index contributed by atoms with van der Waals surface area (Å²) in [6, 6.07) is 2.08. The average molecular weight is 340 g/mol. The van der Waals surface area contributed by atoms with Crippen LogP contribution < -0.4 is 10.9 Å². The summed E-state index contributed by atoms with van der Waals surface area (Å²) in [5.74, 6) is -0.00606. The molecule has 0 bridgehead atoms. The number of likely N-dealkylation sites (N-methyl/N-ethyl adjacent to an activating group) is 1. The highest BCUT2D eigenvalue weighted by molar-refractivity contribution is 5.85. The lowest BCUT2D eigenvalue weighted by molar-refractivity contribution is -0.131. The summed E-state index contributed by atoms with van der Waals surface area (Å²) in [5.41, 5.74) is 1.48. The normalized spacial score (nSPS) is 18.0. The number of aromatic nitrogens is 3. The molecule has 1 aliphatic rings. The second kappa shape index (κ2) is 7.14. The molecule has 3 rings (SSSR count). The average Bonchev–Trinajstić information content (AvgIpc) is 2.99. The highest BCUT2D eigenvalue weighted by Crippen LogP contribution is 2.12. The third kappa shape index (κ3) is 3.40. The van der Waals surface area contributed by atoms with E-state index in [2.05, 4.69) is 15.4 Å². The molecule has 7 nitrogen and oxygen atoms in total. The van der Waals surface area contributed by atoms with E-state index in [0.29, 0.717) is 29.5 Å². The molecule has 3 heterocycles. The van der Waals surface area contributed by atoms with Gasteiger partial charge in [0.2, 0.25) is 5.91 Å². The van der Waals surface area contributed by atoms with Crippen LogP contribution in [0.2, 0.25) is 0 Å². The minimum absolute atomic E-state index is 0. The van der Waals surface area contributed by atoms with E-state index in [4.69, 9.17) is 0 Å². The Hall–Kier alpha value is -1.86. The van der Waals surface area contributed by atoms with Gasteiger partial charge in [-0.1, -0.05) is 0 Å². The predicted octanol–water partition coefficient (Wildman–Crippen LogP) is 0.506. The van der Waals surface area contributed by atoms with Gasteiger partial charge in [0.25, 0.3) is 5.56 Å². The molecule has 1 unspecified atom stereocenters. The van der Waals surface area contributed by atoms with Gasteiger partial charge >= 0.3 is 0 Å². The van der Waals surface area contributed by atoms with Gasteiger partial charge in [-0.2, -0.15) is 0 Å². The summed E-state index contributed by atoms with van der Waals surface area (Å²) in [7, 11) is 1.91. The Labute approximate surface area is 140 Å². The van der Waals surface area contributed by atoms with Gasteiger partial charge in [-0.05, 0) is 26.8 Å². The highest BCUT2D eigenvalue weighted by Gasteiger charge is 2.24. The van der Waals surface area contributed by atoms with Crippen LogP contribution in [-0.2, 0) is 11.2 Å². The Morgan fingerprint density at radius 1 is 1.52 bits per heavy atom. The first-order valence-electron chi connectivity index (χ1n) is 7.61. The second-order valence-electron chi connectivity index (χ2n) is 5.78. The molecule has 0 aromatic carbocycles. The lowest BCUT2D eigenvalue weighted by atomic mass is 10.0. The maximum absolute atomic E-state index is 12.5. The fourth-order valence-electron chi connectivity index (χ4n) is 3.01. The van der Waals surface area contributed by atoms with Crippen LogP contribution in [0.25, 0.3) is 5.65 Å². The Balaban J connectivity index is 0.00000192. The Kier molecular flexibility index (Phi) is 5.43. The van der Waals surface area contributed by atoms with Crippen LogP contribution in [0.1, 0.15) is 24.1 Å². The van der Waals surface area contributed by atoms with E-state index in [-0.39, 0.29) is 30.3 Å². The summed E-state index contributed by atoms with van der Waals surface area (Å²) in [6.07, 6.45) is 3.84. The van der Waals surface area contributed by atoms with Crippen molar-refractivity contribution in [1.29, 1.82) is 0 Å². The number of amides is 1. The van der Waals surface area contributed by atoms with Crippen LogP contribution in [0.3, 0.4) is 0 Å². The van der Waals surface area contributed by atoms with Gasteiger partial charge in [0.05, 0.1) is 6.42 Å². The number of hydrogen-bond donors (Lipinski definition) is 2. The SMILES string of the molecule is CNC1CCCN(C(=O)Cc2c(C)nc3cc[nH]n3c2=O)C1.Cl. The van der Waals surface area contributed by atoms with Crippen LogP contribution in [0, 0.1) is 6.92 Å². The molecular weight excluding hydrogens is 318 g/mol. The number of H-pyrrole nitrogens is 1. The number of aromatic amines is 1. The van der Waals surface area contributed by atoms with Crippen LogP contribution in [-0.4, -0.2) is 51.6 Å². The molecule has 0 saturated carbocycles. The Morgan fingerprint density at radius 2 is 2.30 bits per heavy atom. The topological polar surface area (TPSA) is 82.5 Å². The van der Waals surface area contributed by atoms with E-state index < -0.39 is 0 Å². The van der Waals surface area contributed by atoms with Gasteiger partial charge in [0.1, 0.15) is 0 Å². The van der Waals surface area contributed by atoms with E-state index in [1.165, 1.54) is 4.52 Å². The van der Waals surface area contributed by atoms with Crippen LogP contribution in [0.5, 0.6) is 0 Å². The summed E-state index contributed by atoms with van der Waals surface area (Å²) in [6.45, 7) is 3.24. The molecule has 1 fully saturated rings. The van der Waals surface area contributed by atoms with Crippen molar-refractivity contribution in [3.63, 3.8) is 0 Å². The quantitative estimate of drug-likeness (QED) is 0.853. The largest absolute Gasteiger partial charge is 0.341 e. The molecule has 2 aromatic rings. The van der Waals surface area contributed by atoms with E-state index in [1.807, 2.05) is 11.9 Å². The lowest BCUT2D eigenvalue weighted by Crippen LogP contribution is -2.47. The molecule has 1 amide bonds. The molecule has 2 N–H and O–H groups in total. The van der Waals surface area contributed by atoms with E-state index >= 15 is 0 Å². The number of rotatable bonds is 3. The Morgan fingerprint density at radius 3 is 3.04 bits per heavy atom. The van der Waals surface area contributed by atoms with Gasteiger partial charge in [0, 0.05) is 42.7 Å². The van der Waals surface area contributed by atoms with Crippen LogP contribution in [0.4, 0.5) is 0 Å². The van der Waals surface area contributed by atoms with Crippen molar-refractivity contribution < 1.29 is 4.79 Å². The third-order valence-corrected chi connectivity index (χ3v) is 4.36. The molecule has 0 radical (unpaired) electrons. The predicted molar refractivity (Wildman–Crippen MR) is 90.2 cm³/mol. The monoisotopic (exact) mass is 339 g/mol. The zero-order valence-corrected chi connectivity index (χ0v) is 14.2.